The summed E-state index contributed by atoms with van der Waals surface area (Å²) in [5.74, 6) is -3.19. The van der Waals surface area contributed by atoms with E-state index in [1.54, 1.807) is 36.4 Å². The number of benzene rings is 1. The van der Waals surface area contributed by atoms with E-state index in [9.17, 15) is 19.8 Å². The first-order valence-electron chi connectivity index (χ1n) is 5.27. The number of hydrogen-bond donors (Lipinski definition) is 2. The molecule has 1 aliphatic carbocycles. The third-order valence-electron chi connectivity index (χ3n) is 3.22. The van der Waals surface area contributed by atoms with Crippen LogP contribution in [0.15, 0.2) is 42.5 Å². The highest BCUT2D eigenvalue weighted by Gasteiger charge is 2.54. The second-order valence-corrected chi connectivity index (χ2v) is 4.10. The van der Waals surface area contributed by atoms with E-state index in [4.69, 9.17) is 0 Å². The van der Waals surface area contributed by atoms with Crippen LogP contribution >= 0.6 is 0 Å². The maximum atomic E-state index is 11.3. The summed E-state index contributed by atoms with van der Waals surface area (Å²) in [5, 5.41) is 18.5. The molecule has 2 rings (SSSR count). The van der Waals surface area contributed by atoms with Crippen LogP contribution in [0.5, 0.6) is 0 Å². The van der Waals surface area contributed by atoms with Gasteiger partial charge in [0.25, 0.3) is 0 Å². The maximum absolute atomic E-state index is 11.3. The van der Waals surface area contributed by atoms with Crippen LogP contribution in [0.4, 0.5) is 0 Å². The first kappa shape index (κ1) is 11.4. The van der Waals surface area contributed by atoms with Crippen molar-refractivity contribution in [2.45, 2.75) is 12.3 Å². The Hall–Kier alpha value is -2.10. The highest BCUT2D eigenvalue weighted by atomic mass is 16.4. The molecule has 4 nitrogen and oxygen atoms in total. The molecule has 0 saturated carbocycles. The molecule has 0 unspecified atom stereocenters. The van der Waals surface area contributed by atoms with Gasteiger partial charge in [-0.25, -0.2) is 0 Å². The molecule has 88 valence electrons. The van der Waals surface area contributed by atoms with Crippen LogP contribution < -0.4 is 0 Å². The van der Waals surface area contributed by atoms with Crippen molar-refractivity contribution in [3.8, 4) is 0 Å². The summed E-state index contributed by atoms with van der Waals surface area (Å²) < 4.78 is 0. The molecule has 0 aliphatic heterocycles. The summed E-state index contributed by atoms with van der Waals surface area (Å²) in [5.41, 5.74) is -1.05. The predicted octanol–water partition coefficient (Wildman–Crippen LogP) is 1.89. The second kappa shape index (κ2) is 4.05. The average molecular weight is 232 g/mol. The van der Waals surface area contributed by atoms with Crippen LogP contribution in [-0.2, 0) is 9.59 Å². The molecule has 0 aromatic heterocycles. The fourth-order valence-corrected chi connectivity index (χ4v) is 2.27. The fraction of sp³-hybridized carbons (Fsp3) is 0.231. The molecule has 0 saturated heterocycles. The predicted molar refractivity (Wildman–Crippen MR) is 60.6 cm³/mol. The summed E-state index contributed by atoms with van der Waals surface area (Å²) in [7, 11) is 0. The van der Waals surface area contributed by atoms with Crippen molar-refractivity contribution in [2.75, 3.05) is 0 Å². The second-order valence-electron chi connectivity index (χ2n) is 4.10. The van der Waals surface area contributed by atoms with Crippen molar-refractivity contribution in [1.82, 2.24) is 0 Å². The van der Waals surface area contributed by atoms with Crippen LogP contribution in [0.25, 0.3) is 0 Å². The van der Waals surface area contributed by atoms with E-state index in [0.29, 0.717) is 5.56 Å². The van der Waals surface area contributed by atoms with E-state index in [1.807, 2.05) is 6.07 Å². The van der Waals surface area contributed by atoms with E-state index in [-0.39, 0.29) is 6.42 Å². The van der Waals surface area contributed by atoms with Gasteiger partial charge < -0.3 is 10.2 Å². The molecular weight excluding hydrogens is 220 g/mol. The number of rotatable bonds is 3. The largest absolute Gasteiger partial charge is 0.480 e. The van der Waals surface area contributed by atoms with E-state index in [2.05, 4.69) is 0 Å². The van der Waals surface area contributed by atoms with Gasteiger partial charge in [0.05, 0.1) is 0 Å². The number of carboxylic acid groups (broad SMARTS) is 2. The molecule has 0 fully saturated rings. The Labute approximate surface area is 98.2 Å². The minimum absolute atomic E-state index is 0.0250. The smallest absolute Gasteiger partial charge is 0.322 e. The lowest BCUT2D eigenvalue weighted by molar-refractivity contribution is -0.164. The maximum Gasteiger partial charge on any atom is 0.322 e. The van der Waals surface area contributed by atoms with Gasteiger partial charge >= 0.3 is 11.9 Å². The molecule has 1 aliphatic rings. The van der Waals surface area contributed by atoms with E-state index >= 15 is 0 Å². The molecule has 0 bridgehead atoms. The van der Waals surface area contributed by atoms with Crippen molar-refractivity contribution >= 4 is 11.9 Å². The number of allylic oxidation sites excluding steroid dienone is 2. The molecule has 0 amide bonds. The summed E-state index contributed by atoms with van der Waals surface area (Å²) in [6.45, 7) is 0. The van der Waals surface area contributed by atoms with Crippen molar-refractivity contribution in [1.29, 1.82) is 0 Å². The molecule has 1 aromatic rings. The Morgan fingerprint density at radius 3 is 2.24 bits per heavy atom. The van der Waals surface area contributed by atoms with Gasteiger partial charge in [0.1, 0.15) is 0 Å². The minimum atomic E-state index is -1.76. The van der Waals surface area contributed by atoms with Gasteiger partial charge in [-0.15, -0.1) is 0 Å². The van der Waals surface area contributed by atoms with E-state index in [1.165, 1.54) is 0 Å². The first-order chi connectivity index (χ1) is 8.09. The lowest BCUT2D eigenvalue weighted by atomic mass is 9.74. The molecule has 2 N–H and O–H groups in total. The molecular formula is C13H12O4. The molecule has 0 radical (unpaired) electrons. The van der Waals surface area contributed by atoms with Gasteiger partial charge in [-0.05, 0) is 12.0 Å². The number of aliphatic carboxylic acids is 2. The van der Waals surface area contributed by atoms with Crippen LogP contribution in [0.1, 0.15) is 17.9 Å². The van der Waals surface area contributed by atoms with Gasteiger partial charge in [0.2, 0.25) is 0 Å². The number of carbonyl (C=O) groups is 2. The van der Waals surface area contributed by atoms with Crippen molar-refractivity contribution < 1.29 is 19.8 Å². The lowest BCUT2D eigenvalue weighted by Crippen LogP contribution is -2.41. The SMILES string of the molecule is O=C(O)C1(C(=O)O)CC=C[C@@H]1c1ccccc1. The summed E-state index contributed by atoms with van der Waals surface area (Å²) in [6.07, 6.45) is 3.31. The quantitative estimate of drug-likeness (QED) is 0.616. The zero-order chi connectivity index (χ0) is 12.5. The van der Waals surface area contributed by atoms with Gasteiger partial charge in [-0.3, -0.25) is 9.59 Å². The Kier molecular flexibility index (Phi) is 2.71. The number of hydrogen-bond acceptors (Lipinski definition) is 2. The average Bonchev–Trinajstić information content (AvgIpc) is 2.75. The van der Waals surface area contributed by atoms with E-state index in [0.717, 1.165) is 0 Å². The topological polar surface area (TPSA) is 74.6 Å². The highest BCUT2D eigenvalue weighted by Crippen LogP contribution is 2.45. The lowest BCUT2D eigenvalue weighted by Gasteiger charge is -2.26. The monoisotopic (exact) mass is 232 g/mol. The summed E-state index contributed by atoms with van der Waals surface area (Å²) in [6, 6.07) is 8.86. The molecule has 1 aromatic carbocycles. The normalized spacial score (nSPS) is 21.3. The fourth-order valence-electron chi connectivity index (χ4n) is 2.27. The van der Waals surface area contributed by atoms with Crippen molar-refractivity contribution in [3.05, 3.63) is 48.0 Å². The van der Waals surface area contributed by atoms with Crippen molar-refractivity contribution in [3.63, 3.8) is 0 Å². The molecule has 4 heteroatoms. The summed E-state index contributed by atoms with van der Waals surface area (Å²) in [4.78, 5) is 22.7. The van der Waals surface area contributed by atoms with Crippen LogP contribution in [-0.4, -0.2) is 22.2 Å². The zero-order valence-electron chi connectivity index (χ0n) is 9.04. The Morgan fingerprint density at radius 1 is 1.12 bits per heavy atom. The van der Waals surface area contributed by atoms with E-state index < -0.39 is 23.3 Å². The zero-order valence-corrected chi connectivity index (χ0v) is 9.04. The van der Waals surface area contributed by atoms with Gasteiger partial charge in [0, 0.05) is 5.92 Å². The summed E-state index contributed by atoms with van der Waals surface area (Å²) >= 11 is 0. The molecule has 0 spiro atoms. The third kappa shape index (κ3) is 1.62. The highest BCUT2D eigenvalue weighted by molar-refractivity contribution is 6.00. The number of carboxylic acids is 2. The third-order valence-corrected chi connectivity index (χ3v) is 3.22. The molecule has 0 heterocycles. The van der Waals surface area contributed by atoms with Gasteiger partial charge in [-0.2, -0.15) is 0 Å². The Bertz CT molecular complexity index is 461. The molecule has 17 heavy (non-hydrogen) atoms. The van der Waals surface area contributed by atoms with Crippen LogP contribution in [0.2, 0.25) is 0 Å². The van der Waals surface area contributed by atoms with Gasteiger partial charge in [0.15, 0.2) is 5.41 Å². The minimum Gasteiger partial charge on any atom is -0.480 e. The Morgan fingerprint density at radius 2 is 1.71 bits per heavy atom. The first-order valence-corrected chi connectivity index (χ1v) is 5.27. The Balaban J connectivity index is 2.49. The van der Waals surface area contributed by atoms with Crippen molar-refractivity contribution in [2.24, 2.45) is 5.41 Å². The molecule has 1 atom stereocenters. The standard InChI is InChI=1S/C13H12O4/c14-11(15)13(12(16)17)8-4-7-10(13)9-5-2-1-3-6-9/h1-7,10H,8H2,(H,14,15)(H,16,17)/t10-/m1/s1. The van der Waals surface area contributed by atoms with Gasteiger partial charge in [-0.1, -0.05) is 42.5 Å². The van der Waals surface area contributed by atoms with Crippen LogP contribution in [0.3, 0.4) is 0 Å². The van der Waals surface area contributed by atoms with Crippen LogP contribution in [0, 0.1) is 5.41 Å².